The van der Waals surface area contributed by atoms with Crippen LogP contribution in [0.25, 0.3) is 10.9 Å². The molecule has 4 rings (SSSR count). The number of hydrogen-bond donors (Lipinski definition) is 1. The highest BCUT2D eigenvalue weighted by Gasteiger charge is 2.23. The molecule has 0 amide bonds. The van der Waals surface area contributed by atoms with Crippen LogP contribution in [0.15, 0.2) is 36.5 Å². The number of nitrogens with one attached hydrogen (secondary N) is 1. The Bertz CT molecular complexity index is 1230. The molecule has 0 saturated carbocycles. The number of ether oxygens (including phenoxy) is 2. The average molecular weight is 517 g/mol. The van der Waals surface area contributed by atoms with Gasteiger partial charge in [-0.3, -0.25) is 4.98 Å². The number of carbonyl (C=O) groups is 1. The lowest BCUT2D eigenvalue weighted by atomic mass is 10.1. The summed E-state index contributed by atoms with van der Waals surface area (Å²) in [5.74, 6) is 0.321. The highest BCUT2D eigenvalue weighted by atomic mass is 35.5. The number of hydrogen-bond acceptors (Lipinski definition) is 7. The zero-order chi connectivity index (χ0) is 25.1. The Labute approximate surface area is 215 Å². The van der Waals surface area contributed by atoms with Crippen molar-refractivity contribution in [1.82, 2.24) is 9.88 Å². The molecule has 186 valence electrons. The summed E-state index contributed by atoms with van der Waals surface area (Å²) in [4.78, 5) is 22.1. The van der Waals surface area contributed by atoms with Crippen molar-refractivity contribution in [2.75, 3.05) is 50.1 Å². The van der Waals surface area contributed by atoms with Crippen molar-refractivity contribution < 1.29 is 14.3 Å². The van der Waals surface area contributed by atoms with Crippen molar-refractivity contribution in [3.8, 4) is 5.75 Å². The molecule has 1 saturated heterocycles. The van der Waals surface area contributed by atoms with E-state index in [0.717, 1.165) is 43.0 Å². The second-order valence-electron chi connectivity index (χ2n) is 8.82. The smallest absolute Gasteiger partial charge is 0.341 e. The van der Waals surface area contributed by atoms with E-state index in [0.29, 0.717) is 32.5 Å². The van der Waals surface area contributed by atoms with Crippen molar-refractivity contribution in [1.29, 1.82) is 0 Å². The van der Waals surface area contributed by atoms with Gasteiger partial charge in [0.1, 0.15) is 11.3 Å². The van der Waals surface area contributed by atoms with Crippen LogP contribution >= 0.6 is 23.2 Å². The molecule has 1 fully saturated rings. The molecular formula is C26H30Cl2N4O3. The summed E-state index contributed by atoms with van der Waals surface area (Å²) in [6, 6.07) is 9.24. The predicted octanol–water partition coefficient (Wildman–Crippen LogP) is 6.00. The summed E-state index contributed by atoms with van der Waals surface area (Å²) in [5.41, 5.74) is 3.31. The van der Waals surface area contributed by atoms with Gasteiger partial charge in [-0.15, -0.1) is 0 Å². The van der Waals surface area contributed by atoms with Crippen LogP contribution in [0.1, 0.15) is 31.1 Å². The van der Waals surface area contributed by atoms with Gasteiger partial charge in [0, 0.05) is 49.5 Å². The number of benzene rings is 2. The number of likely N-dealkylation sites (N-methyl/N-ethyl adjacent to an activating group) is 1. The molecule has 0 spiro atoms. The van der Waals surface area contributed by atoms with Crippen molar-refractivity contribution >= 4 is 57.1 Å². The van der Waals surface area contributed by atoms with Crippen LogP contribution in [-0.4, -0.2) is 61.8 Å². The summed E-state index contributed by atoms with van der Waals surface area (Å²) >= 11 is 12.4. The van der Waals surface area contributed by atoms with E-state index in [2.05, 4.69) is 27.1 Å². The van der Waals surface area contributed by atoms with E-state index in [4.69, 9.17) is 32.7 Å². The number of carbonyl (C=O) groups excluding carboxylic acids is 1. The predicted molar refractivity (Wildman–Crippen MR) is 143 cm³/mol. The third-order valence-electron chi connectivity index (χ3n) is 5.84. The number of halogens is 2. The molecule has 2 heterocycles. The van der Waals surface area contributed by atoms with E-state index < -0.39 is 5.97 Å². The quantitative estimate of drug-likeness (QED) is 0.386. The Morgan fingerprint density at radius 2 is 1.86 bits per heavy atom. The van der Waals surface area contributed by atoms with Crippen molar-refractivity contribution in [2.45, 2.75) is 26.9 Å². The Morgan fingerprint density at radius 1 is 1.11 bits per heavy atom. The number of fused-ring (bicyclic) bond motifs is 1. The molecule has 9 heteroatoms. The standard InChI is InChI=1S/C26H30Cl2N4O3/c1-5-34-26(33)19-15-29-22-14-24(35-16(2)3)23(32-10-8-31(4)9-11-32)13-18(22)25(19)30-17-6-7-20(27)21(28)12-17/h6-7,12-16H,5,8-11H2,1-4H3,(H,29,30). The molecule has 0 atom stereocenters. The molecule has 0 unspecified atom stereocenters. The zero-order valence-electron chi connectivity index (χ0n) is 20.4. The third-order valence-corrected chi connectivity index (χ3v) is 6.58. The summed E-state index contributed by atoms with van der Waals surface area (Å²) in [6.07, 6.45) is 1.54. The van der Waals surface area contributed by atoms with Gasteiger partial charge in [0.2, 0.25) is 0 Å². The highest BCUT2D eigenvalue weighted by molar-refractivity contribution is 6.42. The van der Waals surface area contributed by atoms with Gasteiger partial charge in [0.25, 0.3) is 0 Å². The fourth-order valence-electron chi connectivity index (χ4n) is 4.07. The van der Waals surface area contributed by atoms with Gasteiger partial charge in [-0.1, -0.05) is 23.2 Å². The van der Waals surface area contributed by atoms with E-state index in [1.807, 2.05) is 32.0 Å². The van der Waals surface area contributed by atoms with Gasteiger partial charge >= 0.3 is 5.97 Å². The van der Waals surface area contributed by atoms with Gasteiger partial charge in [0.05, 0.1) is 39.6 Å². The van der Waals surface area contributed by atoms with Crippen LogP contribution in [0.3, 0.4) is 0 Å². The van der Waals surface area contributed by atoms with E-state index in [1.165, 1.54) is 6.20 Å². The average Bonchev–Trinajstić information content (AvgIpc) is 2.81. The lowest BCUT2D eigenvalue weighted by Crippen LogP contribution is -2.44. The number of nitrogens with zero attached hydrogens (tertiary/aromatic N) is 3. The first-order valence-electron chi connectivity index (χ1n) is 11.7. The number of piperazine rings is 1. The van der Waals surface area contributed by atoms with Gasteiger partial charge in [-0.05, 0) is 52.1 Å². The first-order chi connectivity index (χ1) is 16.8. The molecule has 0 bridgehead atoms. The molecule has 35 heavy (non-hydrogen) atoms. The third kappa shape index (κ3) is 5.74. The monoisotopic (exact) mass is 516 g/mol. The molecule has 7 nitrogen and oxygen atoms in total. The molecule has 1 aliphatic rings. The first-order valence-corrected chi connectivity index (χ1v) is 12.5. The fraction of sp³-hybridized carbons (Fsp3) is 0.385. The van der Waals surface area contributed by atoms with Crippen LogP contribution < -0.4 is 15.0 Å². The lowest BCUT2D eigenvalue weighted by Gasteiger charge is -2.35. The van der Waals surface area contributed by atoms with Gasteiger partial charge in [-0.25, -0.2) is 4.79 Å². The fourth-order valence-corrected chi connectivity index (χ4v) is 4.37. The van der Waals surface area contributed by atoms with Crippen LogP contribution in [0.2, 0.25) is 10.0 Å². The van der Waals surface area contributed by atoms with Gasteiger partial charge in [0.15, 0.2) is 0 Å². The van der Waals surface area contributed by atoms with Crippen molar-refractivity contribution in [3.05, 3.63) is 52.1 Å². The van der Waals surface area contributed by atoms with Crippen molar-refractivity contribution in [3.63, 3.8) is 0 Å². The van der Waals surface area contributed by atoms with E-state index in [1.54, 1.807) is 19.1 Å². The highest BCUT2D eigenvalue weighted by Crippen LogP contribution is 2.39. The second kappa shape index (κ2) is 10.9. The molecule has 0 aliphatic carbocycles. The Kier molecular flexibility index (Phi) is 7.89. The van der Waals surface area contributed by atoms with Gasteiger partial charge < -0.3 is 24.6 Å². The number of anilines is 3. The molecule has 1 aromatic heterocycles. The van der Waals surface area contributed by atoms with Crippen LogP contribution in [-0.2, 0) is 4.74 Å². The van der Waals surface area contributed by atoms with E-state index in [9.17, 15) is 4.79 Å². The minimum atomic E-state index is -0.451. The second-order valence-corrected chi connectivity index (χ2v) is 9.63. The SMILES string of the molecule is CCOC(=O)c1cnc2cc(OC(C)C)c(N3CCN(C)CC3)cc2c1Nc1ccc(Cl)c(Cl)c1. The van der Waals surface area contributed by atoms with E-state index in [-0.39, 0.29) is 12.7 Å². The maximum absolute atomic E-state index is 12.9. The number of aromatic nitrogens is 1. The number of pyridine rings is 1. The Hall–Kier alpha value is -2.74. The number of rotatable bonds is 7. The maximum Gasteiger partial charge on any atom is 0.341 e. The first kappa shape index (κ1) is 25.4. The molecule has 1 N–H and O–H groups in total. The minimum absolute atomic E-state index is 0.00581. The minimum Gasteiger partial charge on any atom is -0.489 e. The topological polar surface area (TPSA) is 66.9 Å². The van der Waals surface area contributed by atoms with Crippen LogP contribution in [0.4, 0.5) is 17.1 Å². The van der Waals surface area contributed by atoms with E-state index >= 15 is 0 Å². The molecule has 3 aromatic rings. The summed E-state index contributed by atoms with van der Waals surface area (Å²) < 4.78 is 11.5. The number of esters is 1. The van der Waals surface area contributed by atoms with Crippen LogP contribution in [0, 0.1) is 0 Å². The summed E-state index contributed by atoms with van der Waals surface area (Å²) in [5, 5.41) is 5.02. The van der Waals surface area contributed by atoms with Crippen molar-refractivity contribution in [2.24, 2.45) is 0 Å². The van der Waals surface area contributed by atoms with Crippen LogP contribution in [0.5, 0.6) is 5.75 Å². The Morgan fingerprint density at radius 3 is 2.51 bits per heavy atom. The molecular weight excluding hydrogens is 487 g/mol. The largest absolute Gasteiger partial charge is 0.489 e. The summed E-state index contributed by atoms with van der Waals surface area (Å²) in [7, 11) is 2.12. The Balaban J connectivity index is 1.89. The molecule has 2 aromatic carbocycles. The summed E-state index contributed by atoms with van der Waals surface area (Å²) in [6.45, 7) is 9.70. The zero-order valence-corrected chi connectivity index (χ0v) is 21.9. The normalized spacial score (nSPS) is 14.4. The molecule has 0 radical (unpaired) electrons. The lowest BCUT2D eigenvalue weighted by molar-refractivity contribution is 0.0527. The molecule has 1 aliphatic heterocycles. The maximum atomic E-state index is 12.9. The van der Waals surface area contributed by atoms with Gasteiger partial charge in [-0.2, -0.15) is 0 Å².